The second-order valence-electron chi connectivity index (χ2n) is 5.82. The van der Waals surface area contributed by atoms with Gasteiger partial charge in [-0.15, -0.1) is 0 Å². The molecule has 2 aliphatic rings. The number of amides is 2. The van der Waals surface area contributed by atoms with E-state index in [9.17, 15) is 4.79 Å². The Hall–Kier alpha value is -0.730. The topological polar surface area (TPSA) is 41.1 Å². The van der Waals surface area contributed by atoms with Crippen molar-refractivity contribution in [3.63, 3.8) is 0 Å². The number of hydrogen-bond acceptors (Lipinski definition) is 1. The molecule has 0 aromatic rings. The largest absolute Gasteiger partial charge is 0.335 e. The van der Waals surface area contributed by atoms with Crippen LogP contribution >= 0.6 is 0 Å². The summed E-state index contributed by atoms with van der Waals surface area (Å²) in [5.41, 5.74) is 0. The Balaban J connectivity index is 1.72. The van der Waals surface area contributed by atoms with Crippen molar-refractivity contribution in [1.82, 2.24) is 10.6 Å². The van der Waals surface area contributed by atoms with Gasteiger partial charge in [0.1, 0.15) is 0 Å². The summed E-state index contributed by atoms with van der Waals surface area (Å²) in [6.45, 7) is 2.25. The zero-order valence-electron chi connectivity index (χ0n) is 11.0. The van der Waals surface area contributed by atoms with Crippen LogP contribution in [0.5, 0.6) is 0 Å². The van der Waals surface area contributed by atoms with Gasteiger partial charge in [0.25, 0.3) is 0 Å². The first kappa shape index (κ1) is 12.7. The van der Waals surface area contributed by atoms with Gasteiger partial charge in [-0.1, -0.05) is 39.0 Å². The zero-order chi connectivity index (χ0) is 12.1. The molecule has 2 amide bonds. The number of rotatable bonds is 2. The molecule has 2 atom stereocenters. The molecule has 2 N–H and O–H groups in total. The molecule has 0 heterocycles. The van der Waals surface area contributed by atoms with Gasteiger partial charge in [-0.3, -0.25) is 0 Å². The van der Waals surface area contributed by atoms with Crippen molar-refractivity contribution in [2.75, 3.05) is 0 Å². The highest BCUT2D eigenvalue weighted by Gasteiger charge is 2.23. The number of hydrogen-bond donors (Lipinski definition) is 2. The Bertz CT molecular complexity index is 249. The molecule has 3 nitrogen and oxygen atoms in total. The van der Waals surface area contributed by atoms with Crippen LogP contribution < -0.4 is 10.6 Å². The van der Waals surface area contributed by atoms with Crippen LogP contribution in [0.15, 0.2) is 0 Å². The minimum atomic E-state index is 0.0654. The maximum Gasteiger partial charge on any atom is 0.315 e. The minimum Gasteiger partial charge on any atom is -0.335 e. The number of nitrogens with one attached hydrogen (secondary N) is 2. The quantitative estimate of drug-likeness (QED) is 0.762. The lowest BCUT2D eigenvalue weighted by Gasteiger charge is -2.31. The summed E-state index contributed by atoms with van der Waals surface area (Å²) in [6, 6.07) is 0.880. The van der Waals surface area contributed by atoms with Gasteiger partial charge in [0.15, 0.2) is 0 Å². The van der Waals surface area contributed by atoms with Crippen molar-refractivity contribution >= 4 is 6.03 Å². The standard InChI is InChI=1S/C14H26N2O/c1-11-7-5-6-10-13(11)16-14(17)15-12-8-3-2-4-9-12/h11-13H,2-10H2,1H3,(H2,15,16,17)/t11-,13-/m1/s1. The summed E-state index contributed by atoms with van der Waals surface area (Å²) in [4.78, 5) is 11.9. The molecule has 2 fully saturated rings. The molecule has 2 rings (SSSR count). The van der Waals surface area contributed by atoms with Crippen molar-refractivity contribution in [1.29, 1.82) is 0 Å². The molecular formula is C14H26N2O. The number of carbonyl (C=O) groups is 1. The molecule has 98 valence electrons. The van der Waals surface area contributed by atoms with Gasteiger partial charge in [0.05, 0.1) is 0 Å². The summed E-state index contributed by atoms with van der Waals surface area (Å²) < 4.78 is 0. The Morgan fingerprint density at radius 1 is 0.882 bits per heavy atom. The molecule has 3 heteroatoms. The Morgan fingerprint density at radius 3 is 2.24 bits per heavy atom. The molecule has 0 spiro atoms. The highest BCUT2D eigenvalue weighted by Crippen LogP contribution is 2.23. The lowest BCUT2D eigenvalue weighted by Crippen LogP contribution is -2.49. The predicted molar refractivity (Wildman–Crippen MR) is 70.0 cm³/mol. The van der Waals surface area contributed by atoms with Crippen molar-refractivity contribution < 1.29 is 4.79 Å². The minimum absolute atomic E-state index is 0.0654. The van der Waals surface area contributed by atoms with E-state index in [1.165, 1.54) is 38.5 Å². The van der Waals surface area contributed by atoms with Gasteiger partial charge in [0.2, 0.25) is 0 Å². The average molecular weight is 238 g/mol. The third kappa shape index (κ3) is 3.90. The van der Waals surface area contributed by atoms with Crippen LogP contribution in [0.1, 0.15) is 64.7 Å². The molecule has 2 aliphatic carbocycles. The van der Waals surface area contributed by atoms with Crippen LogP contribution in [0.2, 0.25) is 0 Å². The Labute approximate surface area is 105 Å². The Kier molecular flexibility index (Phi) is 4.69. The third-order valence-corrected chi connectivity index (χ3v) is 4.37. The van der Waals surface area contributed by atoms with E-state index in [2.05, 4.69) is 17.6 Å². The van der Waals surface area contributed by atoms with Gasteiger partial charge in [0, 0.05) is 12.1 Å². The van der Waals surface area contributed by atoms with Gasteiger partial charge < -0.3 is 10.6 Å². The molecule has 0 radical (unpaired) electrons. The molecule has 0 saturated heterocycles. The number of carbonyl (C=O) groups excluding carboxylic acids is 1. The predicted octanol–water partition coefficient (Wildman–Crippen LogP) is 3.20. The van der Waals surface area contributed by atoms with Gasteiger partial charge in [-0.25, -0.2) is 4.79 Å². The number of urea groups is 1. The van der Waals surface area contributed by atoms with Crippen molar-refractivity contribution in [3.05, 3.63) is 0 Å². The summed E-state index contributed by atoms with van der Waals surface area (Å²) in [6.07, 6.45) is 11.2. The highest BCUT2D eigenvalue weighted by molar-refractivity contribution is 5.74. The monoisotopic (exact) mass is 238 g/mol. The third-order valence-electron chi connectivity index (χ3n) is 4.37. The summed E-state index contributed by atoms with van der Waals surface area (Å²) in [5.74, 6) is 0.640. The molecule has 0 aromatic heterocycles. The zero-order valence-corrected chi connectivity index (χ0v) is 11.0. The molecule has 0 aromatic carbocycles. The van der Waals surface area contributed by atoms with Crippen molar-refractivity contribution in [2.24, 2.45) is 5.92 Å². The fourth-order valence-corrected chi connectivity index (χ4v) is 3.17. The van der Waals surface area contributed by atoms with E-state index in [-0.39, 0.29) is 6.03 Å². The van der Waals surface area contributed by atoms with Crippen LogP contribution in [0.25, 0.3) is 0 Å². The van der Waals surface area contributed by atoms with Gasteiger partial charge in [-0.2, -0.15) is 0 Å². The van der Waals surface area contributed by atoms with Crippen LogP contribution in [-0.4, -0.2) is 18.1 Å². The lowest BCUT2D eigenvalue weighted by molar-refractivity contribution is 0.214. The molecule has 2 saturated carbocycles. The van der Waals surface area contributed by atoms with E-state index < -0.39 is 0 Å². The van der Waals surface area contributed by atoms with E-state index in [1.807, 2.05) is 0 Å². The van der Waals surface area contributed by atoms with Crippen LogP contribution in [0.4, 0.5) is 4.79 Å². The van der Waals surface area contributed by atoms with E-state index in [1.54, 1.807) is 0 Å². The molecule has 0 bridgehead atoms. The second-order valence-corrected chi connectivity index (χ2v) is 5.82. The second kappa shape index (κ2) is 6.27. The van der Waals surface area contributed by atoms with Crippen LogP contribution in [-0.2, 0) is 0 Å². The fraction of sp³-hybridized carbons (Fsp3) is 0.929. The van der Waals surface area contributed by atoms with E-state index in [4.69, 9.17) is 0 Å². The summed E-state index contributed by atoms with van der Waals surface area (Å²) >= 11 is 0. The van der Waals surface area contributed by atoms with Crippen molar-refractivity contribution in [3.8, 4) is 0 Å². The van der Waals surface area contributed by atoms with Gasteiger partial charge >= 0.3 is 6.03 Å². The van der Waals surface area contributed by atoms with Gasteiger partial charge in [-0.05, 0) is 31.6 Å². The first-order valence-electron chi connectivity index (χ1n) is 7.33. The van der Waals surface area contributed by atoms with E-state index >= 15 is 0 Å². The SMILES string of the molecule is C[C@@H]1CCCC[C@H]1NC(=O)NC1CCCCC1. The molecule has 0 aliphatic heterocycles. The fourth-order valence-electron chi connectivity index (χ4n) is 3.17. The van der Waals surface area contributed by atoms with E-state index in [0.717, 1.165) is 19.3 Å². The normalized spacial score (nSPS) is 30.9. The summed E-state index contributed by atoms with van der Waals surface area (Å²) in [7, 11) is 0. The highest BCUT2D eigenvalue weighted by atomic mass is 16.2. The smallest absolute Gasteiger partial charge is 0.315 e. The summed E-state index contributed by atoms with van der Waals surface area (Å²) in [5, 5.41) is 6.30. The molecular weight excluding hydrogens is 212 g/mol. The van der Waals surface area contributed by atoms with Crippen molar-refractivity contribution in [2.45, 2.75) is 76.8 Å². The maximum atomic E-state index is 11.9. The molecule has 17 heavy (non-hydrogen) atoms. The first-order valence-corrected chi connectivity index (χ1v) is 7.33. The lowest BCUT2D eigenvalue weighted by atomic mass is 9.86. The van der Waals surface area contributed by atoms with E-state index in [0.29, 0.717) is 18.0 Å². The van der Waals surface area contributed by atoms with Crippen LogP contribution in [0, 0.1) is 5.92 Å². The first-order chi connectivity index (χ1) is 8.25. The molecule has 0 unspecified atom stereocenters. The maximum absolute atomic E-state index is 11.9. The Morgan fingerprint density at radius 2 is 1.53 bits per heavy atom. The van der Waals surface area contributed by atoms with Crippen LogP contribution in [0.3, 0.4) is 0 Å². The average Bonchev–Trinajstić information content (AvgIpc) is 2.33.